The Morgan fingerprint density at radius 3 is 2.58 bits per heavy atom. The minimum Gasteiger partial charge on any atom is -0.482 e. The number of nitro benzene ring substituents is 1. The van der Waals surface area contributed by atoms with Crippen LogP contribution in [-0.4, -0.2) is 35.8 Å². The lowest BCUT2D eigenvalue weighted by atomic mass is 10.0. The van der Waals surface area contributed by atoms with Gasteiger partial charge < -0.3 is 19.5 Å². The number of hydrogen-bond donors (Lipinski definition) is 2. The van der Waals surface area contributed by atoms with Crippen molar-refractivity contribution in [2.45, 2.75) is 26.5 Å². The zero-order valence-electron chi connectivity index (χ0n) is 20.7. The first-order valence-corrected chi connectivity index (χ1v) is 11.8. The van der Waals surface area contributed by atoms with Crippen molar-refractivity contribution >= 4 is 23.7 Å². The highest BCUT2D eigenvalue weighted by Crippen LogP contribution is 2.32. The Morgan fingerprint density at radius 1 is 1.08 bits per heavy atom. The van der Waals surface area contributed by atoms with E-state index in [4.69, 9.17) is 14.2 Å². The minimum absolute atomic E-state index is 0.0853. The fraction of sp³-hybridized carbons (Fsp3) is 0.222. The summed E-state index contributed by atoms with van der Waals surface area (Å²) in [7, 11) is 0. The summed E-state index contributed by atoms with van der Waals surface area (Å²) in [6, 6.07) is 17.5. The van der Waals surface area contributed by atoms with E-state index in [2.05, 4.69) is 15.8 Å². The van der Waals surface area contributed by atoms with E-state index in [1.165, 1.54) is 18.3 Å². The number of nitrogens with zero attached hydrogens (tertiary/aromatic N) is 2. The van der Waals surface area contributed by atoms with E-state index in [1.54, 1.807) is 38.1 Å². The van der Waals surface area contributed by atoms with Gasteiger partial charge in [0.15, 0.2) is 17.2 Å². The molecule has 0 radical (unpaired) electrons. The van der Waals surface area contributed by atoms with Gasteiger partial charge >= 0.3 is 5.69 Å². The predicted molar refractivity (Wildman–Crippen MR) is 138 cm³/mol. The van der Waals surface area contributed by atoms with Crippen LogP contribution in [0.15, 0.2) is 71.8 Å². The van der Waals surface area contributed by atoms with E-state index >= 15 is 0 Å². The molecule has 196 valence electrons. The molecule has 0 bridgehead atoms. The molecule has 0 saturated carbocycles. The molecule has 1 heterocycles. The molecule has 38 heavy (non-hydrogen) atoms. The molecule has 1 aliphatic rings. The Hall–Kier alpha value is -4.93. The fourth-order valence-electron chi connectivity index (χ4n) is 3.65. The molecular weight excluding hydrogens is 492 g/mol. The third-order valence-electron chi connectivity index (χ3n) is 5.68. The number of ether oxygens (including phenoxy) is 3. The Kier molecular flexibility index (Phi) is 8.17. The minimum atomic E-state index is -0.881. The van der Waals surface area contributed by atoms with Gasteiger partial charge in [0.05, 0.1) is 11.1 Å². The van der Waals surface area contributed by atoms with Gasteiger partial charge in [-0.3, -0.25) is 19.7 Å². The van der Waals surface area contributed by atoms with Crippen molar-refractivity contribution in [3.05, 3.63) is 93.5 Å². The van der Waals surface area contributed by atoms with Crippen molar-refractivity contribution in [2.24, 2.45) is 11.0 Å². The van der Waals surface area contributed by atoms with E-state index in [0.717, 1.165) is 5.56 Å². The lowest BCUT2D eigenvalue weighted by Crippen LogP contribution is -2.48. The van der Waals surface area contributed by atoms with Crippen LogP contribution < -0.4 is 25.0 Å². The summed E-state index contributed by atoms with van der Waals surface area (Å²) in [5.74, 6) is -0.120. The average Bonchev–Trinajstić information content (AvgIpc) is 3.39. The van der Waals surface area contributed by atoms with Crippen molar-refractivity contribution < 1.29 is 28.7 Å². The van der Waals surface area contributed by atoms with Gasteiger partial charge in [-0.25, -0.2) is 5.43 Å². The third-order valence-corrected chi connectivity index (χ3v) is 5.68. The summed E-state index contributed by atoms with van der Waals surface area (Å²) in [5.41, 5.74) is 3.74. The topological polar surface area (TPSA) is 141 Å². The molecule has 2 amide bonds. The molecule has 2 N–H and O–H groups in total. The van der Waals surface area contributed by atoms with Gasteiger partial charge in [-0.05, 0) is 41.8 Å². The van der Waals surface area contributed by atoms with Crippen LogP contribution in [0.3, 0.4) is 0 Å². The number of hydrazone groups is 1. The van der Waals surface area contributed by atoms with Crippen molar-refractivity contribution in [1.29, 1.82) is 0 Å². The Labute approximate surface area is 218 Å². The van der Waals surface area contributed by atoms with Gasteiger partial charge in [-0.1, -0.05) is 44.2 Å². The summed E-state index contributed by atoms with van der Waals surface area (Å²) in [5, 5.41) is 18.2. The van der Waals surface area contributed by atoms with Gasteiger partial charge in [-0.2, -0.15) is 5.10 Å². The molecule has 0 spiro atoms. The van der Waals surface area contributed by atoms with Gasteiger partial charge in [0, 0.05) is 17.2 Å². The largest absolute Gasteiger partial charge is 0.482 e. The quantitative estimate of drug-likeness (QED) is 0.236. The second kappa shape index (κ2) is 11.9. The Bertz CT molecular complexity index is 1360. The van der Waals surface area contributed by atoms with Crippen LogP contribution in [0.4, 0.5) is 5.69 Å². The Morgan fingerprint density at radius 2 is 1.84 bits per heavy atom. The van der Waals surface area contributed by atoms with E-state index < -0.39 is 22.8 Å². The van der Waals surface area contributed by atoms with Gasteiger partial charge in [0.25, 0.3) is 11.8 Å². The molecule has 0 fully saturated rings. The molecule has 11 heteroatoms. The first kappa shape index (κ1) is 26.1. The standard InChI is InChI=1S/C27H26N4O7/c1-17(2)25(29-26(32)20-9-11-23-24(13-20)38-16-37-23)27(33)30-28-14-19-8-10-22(21(12-19)31(34)35)36-15-18-6-4-3-5-7-18/h3-14,17,25H,15-16H2,1-2H3,(H,29,32)(H,30,33)/t25-/m0/s1. The average molecular weight is 519 g/mol. The lowest BCUT2D eigenvalue weighted by Gasteiger charge is -2.20. The second-order valence-corrected chi connectivity index (χ2v) is 8.76. The molecule has 3 aromatic carbocycles. The fourth-order valence-corrected chi connectivity index (χ4v) is 3.65. The number of nitro groups is 1. The number of fused-ring (bicyclic) bond motifs is 1. The van der Waals surface area contributed by atoms with Crippen LogP contribution in [0.5, 0.6) is 17.2 Å². The van der Waals surface area contributed by atoms with Gasteiger partial charge in [0.1, 0.15) is 12.6 Å². The maximum Gasteiger partial charge on any atom is 0.311 e. The van der Waals surface area contributed by atoms with Gasteiger partial charge in [0.2, 0.25) is 6.79 Å². The monoisotopic (exact) mass is 518 g/mol. The lowest BCUT2D eigenvalue weighted by molar-refractivity contribution is -0.385. The normalized spacial score (nSPS) is 12.8. The molecule has 0 saturated heterocycles. The number of nitrogens with one attached hydrogen (secondary N) is 2. The van der Waals surface area contributed by atoms with Crippen LogP contribution in [0.25, 0.3) is 0 Å². The van der Waals surface area contributed by atoms with Crippen molar-refractivity contribution in [1.82, 2.24) is 10.7 Å². The number of amides is 2. The number of rotatable bonds is 10. The van der Waals surface area contributed by atoms with Crippen molar-refractivity contribution in [3.63, 3.8) is 0 Å². The van der Waals surface area contributed by atoms with Gasteiger partial charge in [-0.15, -0.1) is 0 Å². The van der Waals surface area contributed by atoms with E-state index in [9.17, 15) is 19.7 Å². The van der Waals surface area contributed by atoms with Crippen molar-refractivity contribution in [3.8, 4) is 17.2 Å². The zero-order chi connectivity index (χ0) is 27.1. The highest BCUT2D eigenvalue weighted by atomic mass is 16.7. The molecule has 0 aromatic heterocycles. The van der Waals surface area contributed by atoms with Crippen LogP contribution >= 0.6 is 0 Å². The molecule has 3 aromatic rings. The van der Waals surface area contributed by atoms with E-state index in [-0.39, 0.29) is 30.8 Å². The highest BCUT2D eigenvalue weighted by molar-refractivity contribution is 5.98. The summed E-state index contributed by atoms with van der Waals surface area (Å²) < 4.78 is 16.2. The van der Waals surface area contributed by atoms with E-state index in [1.807, 2.05) is 30.3 Å². The number of carbonyl (C=O) groups excluding carboxylic acids is 2. The van der Waals surface area contributed by atoms with Crippen LogP contribution in [0.1, 0.15) is 35.3 Å². The molecule has 4 rings (SSSR count). The smallest absolute Gasteiger partial charge is 0.311 e. The first-order valence-electron chi connectivity index (χ1n) is 11.8. The third kappa shape index (κ3) is 6.44. The first-order chi connectivity index (χ1) is 18.3. The predicted octanol–water partition coefficient (Wildman–Crippen LogP) is 3.81. The van der Waals surface area contributed by atoms with E-state index in [0.29, 0.717) is 22.6 Å². The molecule has 1 atom stereocenters. The van der Waals surface area contributed by atoms with Crippen molar-refractivity contribution in [2.75, 3.05) is 6.79 Å². The second-order valence-electron chi connectivity index (χ2n) is 8.76. The summed E-state index contributed by atoms with van der Waals surface area (Å²) in [6.07, 6.45) is 1.28. The van der Waals surface area contributed by atoms with Crippen LogP contribution in [0, 0.1) is 16.0 Å². The molecule has 0 aliphatic carbocycles. The number of hydrogen-bond acceptors (Lipinski definition) is 8. The number of carbonyl (C=O) groups is 2. The number of benzene rings is 3. The van der Waals surface area contributed by atoms with Crippen LogP contribution in [-0.2, 0) is 11.4 Å². The molecule has 11 nitrogen and oxygen atoms in total. The molecule has 1 aliphatic heterocycles. The highest BCUT2D eigenvalue weighted by Gasteiger charge is 2.25. The maximum atomic E-state index is 12.8. The Balaban J connectivity index is 1.38. The summed E-state index contributed by atoms with van der Waals surface area (Å²) >= 11 is 0. The SMILES string of the molecule is CC(C)[C@H](NC(=O)c1ccc2c(c1)OCO2)C(=O)NN=Cc1ccc(OCc2ccccc2)c([N+](=O)[O-])c1. The maximum absolute atomic E-state index is 12.8. The summed E-state index contributed by atoms with van der Waals surface area (Å²) in [6.45, 7) is 3.83. The zero-order valence-corrected chi connectivity index (χ0v) is 20.7. The molecule has 0 unspecified atom stereocenters. The van der Waals surface area contributed by atoms with Crippen LogP contribution in [0.2, 0.25) is 0 Å². The summed E-state index contributed by atoms with van der Waals surface area (Å²) in [4.78, 5) is 36.5. The molecular formula is C27H26N4O7.